The number of benzene rings is 1. The van der Waals surface area contributed by atoms with Crippen molar-refractivity contribution >= 4 is 38.9 Å². The van der Waals surface area contributed by atoms with Crippen molar-refractivity contribution in [2.24, 2.45) is 0 Å². The molecular weight excluding hydrogens is 312 g/mol. The number of hydrogen-bond acceptors (Lipinski definition) is 3. The fourth-order valence-electron chi connectivity index (χ4n) is 1.50. The number of rotatable bonds is 3. The summed E-state index contributed by atoms with van der Waals surface area (Å²) in [6, 6.07) is 7.33. The van der Waals surface area contributed by atoms with Gasteiger partial charge in [-0.2, -0.15) is 0 Å². The second kappa shape index (κ2) is 5.54. The van der Waals surface area contributed by atoms with E-state index in [0.29, 0.717) is 17.8 Å². The van der Waals surface area contributed by atoms with Gasteiger partial charge in [0.25, 0.3) is 5.91 Å². The molecule has 18 heavy (non-hydrogen) atoms. The van der Waals surface area contributed by atoms with Crippen LogP contribution in [0, 0.1) is 6.92 Å². The molecule has 1 aromatic carbocycles. The number of hydrogen-bond donors (Lipinski definition) is 2. The molecule has 0 atom stereocenters. The average Bonchev–Trinajstić information content (AvgIpc) is 2.75. The largest absolute Gasteiger partial charge is 0.398 e. The third kappa shape index (κ3) is 3.11. The van der Waals surface area contributed by atoms with Crippen LogP contribution in [0.4, 0.5) is 5.69 Å². The molecule has 1 heterocycles. The van der Waals surface area contributed by atoms with E-state index in [1.807, 2.05) is 24.4 Å². The molecule has 0 unspecified atom stereocenters. The van der Waals surface area contributed by atoms with E-state index in [4.69, 9.17) is 5.73 Å². The Kier molecular flexibility index (Phi) is 4.04. The minimum Gasteiger partial charge on any atom is -0.398 e. The summed E-state index contributed by atoms with van der Waals surface area (Å²) in [5.41, 5.74) is 8.00. The average molecular weight is 325 g/mol. The van der Waals surface area contributed by atoms with Crippen molar-refractivity contribution in [2.75, 3.05) is 5.73 Å². The smallest absolute Gasteiger partial charge is 0.251 e. The van der Waals surface area contributed by atoms with Gasteiger partial charge in [0, 0.05) is 26.0 Å². The van der Waals surface area contributed by atoms with Crippen molar-refractivity contribution in [3.63, 3.8) is 0 Å². The van der Waals surface area contributed by atoms with Gasteiger partial charge in [0.2, 0.25) is 0 Å². The maximum atomic E-state index is 11.9. The zero-order valence-electron chi connectivity index (χ0n) is 9.87. The number of nitrogens with two attached hydrogens (primary N) is 1. The monoisotopic (exact) mass is 324 g/mol. The molecule has 3 N–H and O–H groups in total. The topological polar surface area (TPSA) is 55.1 Å². The Hall–Kier alpha value is -1.33. The Morgan fingerprint density at radius 2 is 2.22 bits per heavy atom. The number of nitrogen functional groups attached to an aromatic ring is 1. The second-order valence-corrected chi connectivity index (χ2v) is 5.90. The first-order valence-corrected chi connectivity index (χ1v) is 7.11. The lowest BCUT2D eigenvalue weighted by Crippen LogP contribution is -2.22. The van der Waals surface area contributed by atoms with E-state index in [1.165, 1.54) is 0 Å². The van der Waals surface area contributed by atoms with Gasteiger partial charge in [-0.15, -0.1) is 11.3 Å². The van der Waals surface area contributed by atoms with Crippen molar-refractivity contribution in [1.29, 1.82) is 0 Å². The van der Waals surface area contributed by atoms with Crippen molar-refractivity contribution < 1.29 is 4.79 Å². The number of carbonyl (C=O) groups excluding carboxylic acids is 1. The van der Waals surface area contributed by atoms with Crippen molar-refractivity contribution in [3.05, 3.63) is 50.1 Å². The highest BCUT2D eigenvalue weighted by atomic mass is 79.9. The highest BCUT2D eigenvalue weighted by Gasteiger charge is 2.07. The molecule has 2 rings (SSSR count). The van der Waals surface area contributed by atoms with E-state index in [2.05, 4.69) is 21.2 Å². The van der Waals surface area contributed by atoms with Crippen LogP contribution in [0.1, 0.15) is 20.8 Å². The minimum atomic E-state index is -0.105. The second-order valence-electron chi connectivity index (χ2n) is 3.99. The van der Waals surface area contributed by atoms with Crippen molar-refractivity contribution in [3.8, 4) is 0 Å². The Balaban J connectivity index is 2.01. The Labute approximate surface area is 118 Å². The minimum absolute atomic E-state index is 0.105. The van der Waals surface area contributed by atoms with Gasteiger partial charge < -0.3 is 11.1 Å². The predicted octanol–water partition coefficient (Wildman–Crippen LogP) is 3.33. The molecule has 3 nitrogen and oxygen atoms in total. The van der Waals surface area contributed by atoms with Gasteiger partial charge in [0.1, 0.15) is 0 Å². The van der Waals surface area contributed by atoms with E-state index in [0.717, 1.165) is 14.9 Å². The number of carbonyl (C=O) groups is 1. The lowest BCUT2D eigenvalue weighted by molar-refractivity contribution is 0.0951. The first kappa shape index (κ1) is 13.1. The molecule has 0 bridgehead atoms. The highest BCUT2D eigenvalue weighted by molar-refractivity contribution is 9.10. The molecule has 2 aromatic rings. The summed E-state index contributed by atoms with van der Waals surface area (Å²) < 4.78 is 1.04. The Bertz CT molecular complexity index is 580. The first-order valence-electron chi connectivity index (χ1n) is 5.43. The van der Waals surface area contributed by atoms with Crippen molar-refractivity contribution in [1.82, 2.24) is 5.32 Å². The standard InChI is InChI=1S/C13H13BrN2OS/c1-8-2-3-9(4-12(8)15)13(17)16-6-11-5-10(14)7-18-11/h2-5,7H,6,15H2,1H3,(H,16,17). The van der Waals surface area contributed by atoms with Crippen LogP contribution < -0.4 is 11.1 Å². The summed E-state index contributed by atoms with van der Waals surface area (Å²) >= 11 is 4.99. The van der Waals surface area contributed by atoms with E-state index in [9.17, 15) is 4.79 Å². The summed E-state index contributed by atoms with van der Waals surface area (Å²) in [7, 11) is 0. The molecule has 94 valence electrons. The SMILES string of the molecule is Cc1ccc(C(=O)NCc2cc(Br)cs2)cc1N. The van der Waals surface area contributed by atoms with E-state index in [1.54, 1.807) is 23.5 Å². The van der Waals surface area contributed by atoms with Gasteiger partial charge in [-0.05, 0) is 46.6 Å². The summed E-state index contributed by atoms with van der Waals surface area (Å²) in [5.74, 6) is -0.105. The normalized spacial score (nSPS) is 10.3. The quantitative estimate of drug-likeness (QED) is 0.851. The van der Waals surface area contributed by atoms with Gasteiger partial charge in [0.05, 0.1) is 6.54 Å². The van der Waals surface area contributed by atoms with Crippen LogP contribution in [0.2, 0.25) is 0 Å². The lowest BCUT2D eigenvalue weighted by Gasteiger charge is -2.06. The maximum Gasteiger partial charge on any atom is 0.251 e. The molecule has 0 fully saturated rings. The van der Waals surface area contributed by atoms with Gasteiger partial charge >= 0.3 is 0 Å². The summed E-state index contributed by atoms with van der Waals surface area (Å²) in [6.07, 6.45) is 0. The number of aryl methyl sites for hydroxylation is 1. The molecule has 0 spiro atoms. The van der Waals surface area contributed by atoms with E-state index >= 15 is 0 Å². The molecule has 0 saturated heterocycles. The molecular formula is C13H13BrN2OS. The van der Waals surface area contributed by atoms with Gasteiger partial charge in [0.15, 0.2) is 0 Å². The van der Waals surface area contributed by atoms with Gasteiger partial charge in [-0.25, -0.2) is 0 Å². The lowest BCUT2D eigenvalue weighted by atomic mass is 10.1. The number of halogens is 1. The molecule has 0 saturated carbocycles. The summed E-state index contributed by atoms with van der Waals surface area (Å²) in [4.78, 5) is 13.0. The summed E-state index contributed by atoms with van der Waals surface area (Å²) in [6.45, 7) is 2.45. The van der Waals surface area contributed by atoms with Crippen molar-refractivity contribution in [2.45, 2.75) is 13.5 Å². The Morgan fingerprint density at radius 3 is 2.83 bits per heavy atom. The van der Waals surface area contributed by atoms with Crippen LogP contribution >= 0.6 is 27.3 Å². The number of nitrogens with one attached hydrogen (secondary N) is 1. The third-order valence-corrected chi connectivity index (χ3v) is 4.28. The van der Waals surface area contributed by atoms with Crippen LogP contribution in [0.25, 0.3) is 0 Å². The van der Waals surface area contributed by atoms with Crippen LogP contribution in [-0.2, 0) is 6.54 Å². The number of amides is 1. The Morgan fingerprint density at radius 1 is 1.44 bits per heavy atom. The highest BCUT2D eigenvalue weighted by Crippen LogP contribution is 2.19. The number of anilines is 1. The molecule has 1 amide bonds. The molecule has 0 aliphatic carbocycles. The first-order chi connectivity index (χ1) is 8.56. The summed E-state index contributed by atoms with van der Waals surface area (Å²) in [5, 5.41) is 4.86. The molecule has 0 radical (unpaired) electrons. The van der Waals surface area contributed by atoms with E-state index < -0.39 is 0 Å². The fourth-order valence-corrected chi connectivity index (χ4v) is 2.89. The molecule has 5 heteroatoms. The van der Waals surface area contributed by atoms with Crippen LogP contribution in [0.15, 0.2) is 34.1 Å². The zero-order chi connectivity index (χ0) is 13.1. The maximum absolute atomic E-state index is 11.9. The molecule has 1 aromatic heterocycles. The van der Waals surface area contributed by atoms with Gasteiger partial charge in [-0.1, -0.05) is 6.07 Å². The molecule has 0 aliphatic heterocycles. The molecule has 0 aliphatic rings. The third-order valence-electron chi connectivity index (χ3n) is 2.59. The van der Waals surface area contributed by atoms with Gasteiger partial charge in [-0.3, -0.25) is 4.79 Å². The van der Waals surface area contributed by atoms with Crippen LogP contribution in [0.5, 0.6) is 0 Å². The van der Waals surface area contributed by atoms with Crippen LogP contribution in [-0.4, -0.2) is 5.91 Å². The zero-order valence-corrected chi connectivity index (χ0v) is 12.3. The number of thiophene rings is 1. The van der Waals surface area contributed by atoms with Crippen LogP contribution in [0.3, 0.4) is 0 Å². The fraction of sp³-hybridized carbons (Fsp3) is 0.154. The predicted molar refractivity (Wildman–Crippen MR) is 78.8 cm³/mol. The van der Waals surface area contributed by atoms with E-state index in [-0.39, 0.29) is 5.91 Å².